The monoisotopic (exact) mass is 333 g/mol. The third kappa shape index (κ3) is 3.98. The molecule has 1 aliphatic heterocycles. The van der Waals surface area contributed by atoms with E-state index >= 15 is 0 Å². The highest BCUT2D eigenvalue weighted by Gasteiger charge is 2.23. The molecule has 7 heteroatoms. The second-order valence-corrected chi connectivity index (χ2v) is 5.71. The maximum Gasteiger partial charge on any atom is 0.220 e. The van der Waals surface area contributed by atoms with Gasteiger partial charge >= 0.3 is 0 Å². The Balaban J connectivity index is 1.53. The van der Waals surface area contributed by atoms with E-state index in [1.165, 1.54) is 18.5 Å². The van der Waals surface area contributed by atoms with Crippen LogP contribution >= 0.6 is 0 Å². The molecule has 0 fully saturated rings. The maximum atomic E-state index is 12.8. The molecule has 128 valence electrons. The van der Waals surface area contributed by atoms with Crippen molar-refractivity contribution >= 4 is 0 Å². The summed E-state index contributed by atoms with van der Waals surface area (Å²) in [5, 5.41) is 10.2. The largest absolute Gasteiger partial charge is 0.491 e. The van der Waals surface area contributed by atoms with Gasteiger partial charge in [-0.25, -0.2) is 14.4 Å². The minimum Gasteiger partial charge on any atom is -0.491 e. The van der Waals surface area contributed by atoms with Crippen molar-refractivity contribution in [2.24, 2.45) is 0 Å². The highest BCUT2D eigenvalue weighted by molar-refractivity contribution is 5.31. The number of β-amino-alcohol motifs (C(OH)–C–C–N with tert-alkyl or cyclic N) is 1. The number of aliphatic hydroxyl groups excluding tert-OH is 1. The SMILES string of the molecule is COc1ncnc2c1CN(C[C@@H](O)COc1ccc(F)cc1)CC2. The predicted octanol–water partition coefficient (Wildman–Crippen LogP) is 1.42. The van der Waals surface area contributed by atoms with Crippen molar-refractivity contribution in [3.63, 3.8) is 0 Å². The third-order valence-corrected chi connectivity index (χ3v) is 3.96. The summed E-state index contributed by atoms with van der Waals surface area (Å²) in [4.78, 5) is 10.5. The summed E-state index contributed by atoms with van der Waals surface area (Å²) in [5.74, 6) is 0.808. The minimum atomic E-state index is -0.646. The first kappa shape index (κ1) is 16.6. The number of nitrogens with zero attached hydrogens (tertiary/aromatic N) is 3. The number of ether oxygens (including phenoxy) is 2. The molecule has 0 aliphatic carbocycles. The van der Waals surface area contributed by atoms with E-state index in [0.29, 0.717) is 24.7 Å². The van der Waals surface area contributed by atoms with Crippen molar-refractivity contribution in [2.45, 2.75) is 19.1 Å². The van der Waals surface area contributed by atoms with Crippen LogP contribution in [0.1, 0.15) is 11.3 Å². The molecule has 1 N–H and O–H groups in total. The van der Waals surface area contributed by atoms with E-state index in [2.05, 4.69) is 14.9 Å². The van der Waals surface area contributed by atoms with Crippen LogP contribution in [0, 0.1) is 5.82 Å². The van der Waals surface area contributed by atoms with E-state index in [-0.39, 0.29) is 12.4 Å². The van der Waals surface area contributed by atoms with Crippen LogP contribution in [0.4, 0.5) is 4.39 Å². The third-order valence-electron chi connectivity index (χ3n) is 3.96. The maximum absolute atomic E-state index is 12.8. The number of rotatable bonds is 6. The van der Waals surface area contributed by atoms with Crippen LogP contribution in [-0.4, -0.2) is 52.9 Å². The fraction of sp³-hybridized carbons (Fsp3) is 0.412. The Morgan fingerprint density at radius 3 is 2.83 bits per heavy atom. The molecule has 0 spiro atoms. The Bertz CT molecular complexity index is 667. The molecule has 0 saturated carbocycles. The van der Waals surface area contributed by atoms with Gasteiger partial charge in [-0.05, 0) is 24.3 Å². The standard InChI is InChI=1S/C17H20FN3O3/c1-23-17-15-9-21(7-6-16(15)19-11-20-17)8-13(22)10-24-14-4-2-12(18)3-5-14/h2-5,11,13,22H,6-10H2,1H3/t13-/m1/s1. The smallest absolute Gasteiger partial charge is 0.220 e. The lowest BCUT2D eigenvalue weighted by Crippen LogP contribution is -2.39. The lowest BCUT2D eigenvalue weighted by atomic mass is 10.1. The fourth-order valence-electron chi connectivity index (χ4n) is 2.78. The number of hydrogen-bond donors (Lipinski definition) is 1. The first-order valence-corrected chi connectivity index (χ1v) is 7.81. The number of hydrogen-bond acceptors (Lipinski definition) is 6. The number of fused-ring (bicyclic) bond motifs is 1. The van der Waals surface area contributed by atoms with Crippen molar-refractivity contribution in [3.05, 3.63) is 47.7 Å². The van der Waals surface area contributed by atoms with Crippen molar-refractivity contribution in [1.29, 1.82) is 0 Å². The summed E-state index contributed by atoms with van der Waals surface area (Å²) in [6.45, 7) is 2.06. The van der Waals surface area contributed by atoms with Crippen molar-refractivity contribution in [1.82, 2.24) is 14.9 Å². The normalized spacial score (nSPS) is 15.6. The molecule has 1 aromatic heterocycles. The van der Waals surface area contributed by atoms with Crippen LogP contribution in [0.5, 0.6) is 11.6 Å². The molecule has 6 nitrogen and oxygen atoms in total. The molecule has 1 atom stereocenters. The quantitative estimate of drug-likeness (QED) is 0.862. The molecule has 1 aromatic carbocycles. The highest BCUT2D eigenvalue weighted by Crippen LogP contribution is 2.24. The first-order chi connectivity index (χ1) is 11.7. The lowest BCUT2D eigenvalue weighted by molar-refractivity contribution is 0.0630. The van der Waals surface area contributed by atoms with Gasteiger partial charge in [0.25, 0.3) is 0 Å². The van der Waals surface area contributed by atoms with Gasteiger partial charge in [-0.2, -0.15) is 0 Å². The van der Waals surface area contributed by atoms with Gasteiger partial charge in [-0.15, -0.1) is 0 Å². The fourth-order valence-corrected chi connectivity index (χ4v) is 2.78. The molecule has 0 saturated heterocycles. The Hall–Kier alpha value is -2.25. The van der Waals surface area contributed by atoms with E-state index in [4.69, 9.17) is 9.47 Å². The van der Waals surface area contributed by atoms with Gasteiger partial charge in [-0.3, -0.25) is 4.90 Å². The summed E-state index contributed by atoms with van der Waals surface area (Å²) < 4.78 is 23.6. The van der Waals surface area contributed by atoms with E-state index in [9.17, 15) is 9.50 Å². The summed E-state index contributed by atoms with van der Waals surface area (Å²) in [6, 6.07) is 5.74. The summed E-state index contributed by atoms with van der Waals surface area (Å²) >= 11 is 0. The molecule has 0 bridgehead atoms. The number of benzene rings is 1. The molecule has 0 unspecified atom stereocenters. The Kier molecular flexibility index (Phi) is 5.22. The van der Waals surface area contributed by atoms with Crippen molar-refractivity contribution < 1.29 is 19.0 Å². The van der Waals surface area contributed by atoms with Gasteiger partial charge in [0.15, 0.2) is 0 Å². The number of aliphatic hydroxyl groups is 1. The number of halogens is 1. The van der Waals surface area contributed by atoms with Gasteiger partial charge in [0.2, 0.25) is 5.88 Å². The van der Waals surface area contributed by atoms with Gasteiger partial charge in [0.1, 0.15) is 30.6 Å². The van der Waals surface area contributed by atoms with Crippen LogP contribution in [0.3, 0.4) is 0 Å². The predicted molar refractivity (Wildman–Crippen MR) is 85.5 cm³/mol. The average molecular weight is 333 g/mol. The molecular weight excluding hydrogens is 313 g/mol. The highest BCUT2D eigenvalue weighted by atomic mass is 19.1. The van der Waals surface area contributed by atoms with Crippen LogP contribution in [-0.2, 0) is 13.0 Å². The van der Waals surface area contributed by atoms with Crippen LogP contribution < -0.4 is 9.47 Å². The molecule has 0 radical (unpaired) electrons. The van der Waals surface area contributed by atoms with E-state index in [1.54, 1.807) is 19.2 Å². The molecule has 2 aromatic rings. The van der Waals surface area contributed by atoms with Crippen LogP contribution in [0.2, 0.25) is 0 Å². The first-order valence-electron chi connectivity index (χ1n) is 7.81. The van der Waals surface area contributed by atoms with E-state index in [1.807, 2.05) is 0 Å². The number of methoxy groups -OCH3 is 1. The van der Waals surface area contributed by atoms with E-state index < -0.39 is 6.10 Å². The molecular formula is C17H20FN3O3. The summed E-state index contributed by atoms with van der Waals surface area (Å²) in [6.07, 6.45) is 1.66. The zero-order valence-electron chi connectivity index (χ0n) is 13.5. The minimum absolute atomic E-state index is 0.150. The van der Waals surface area contributed by atoms with Crippen molar-refractivity contribution in [3.8, 4) is 11.6 Å². The van der Waals surface area contributed by atoms with Gasteiger partial charge < -0.3 is 14.6 Å². The van der Waals surface area contributed by atoms with Gasteiger partial charge in [-0.1, -0.05) is 0 Å². The molecule has 2 heterocycles. The Labute approximate surface area is 139 Å². The second kappa shape index (κ2) is 7.55. The zero-order chi connectivity index (χ0) is 16.9. The molecule has 3 rings (SSSR count). The van der Waals surface area contributed by atoms with Crippen LogP contribution in [0.25, 0.3) is 0 Å². The topological polar surface area (TPSA) is 67.7 Å². The molecule has 0 amide bonds. The van der Waals surface area contributed by atoms with E-state index in [0.717, 1.165) is 24.2 Å². The summed E-state index contributed by atoms with van der Waals surface area (Å²) in [7, 11) is 1.59. The molecule has 24 heavy (non-hydrogen) atoms. The second-order valence-electron chi connectivity index (χ2n) is 5.71. The van der Waals surface area contributed by atoms with Crippen molar-refractivity contribution in [2.75, 3.05) is 26.8 Å². The lowest BCUT2D eigenvalue weighted by Gasteiger charge is -2.30. The Morgan fingerprint density at radius 1 is 1.29 bits per heavy atom. The van der Waals surface area contributed by atoms with Gasteiger partial charge in [0, 0.05) is 31.6 Å². The average Bonchev–Trinajstić information content (AvgIpc) is 2.60. The number of aromatic nitrogens is 2. The van der Waals surface area contributed by atoms with Crippen LogP contribution in [0.15, 0.2) is 30.6 Å². The Morgan fingerprint density at radius 2 is 2.08 bits per heavy atom. The zero-order valence-corrected chi connectivity index (χ0v) is 13.5. The summed E-state index contributed by atoms with van der Waals surface area (Å²) in [5.41, 5.74) is 1.97. The van der Waals surface area contributed by atoms with Gasteiger partial charge in [0.05, 0.1) is 12.8 Å². The molecule has 1 aliphatic rings.